The van der Waals surface area contributed by atoms with E-state index in [0.29, 0.717) is 22.8 Å². The Hall–Kier alpha value is -3.75. The standard InChI is InChI=1S/C25H29N3O6/c1-25(18-9-8-15-6-5-7-16(15)10-18)23(30)28(24(31)27-25)14-22(29)26-13-17-11-20(33-3)21(34-4)12-19(17)32-2/h8-12H,5-7,13-14H2,1-4H3,(H,26,29)(H,27,31). The summed E-state index contributed by atoms with van der Waals surface area (Å²) < 4.78 is 16.0. The molecule has 1 fully saturated rings. The predicted octanol–water partition coefficient (Wildman–Crippen LogP) is 2.28. The number of rotatable bonds is 8. The molecule has 1 unspecified atom stereocenters. The first kappa shape index (κ1) is 23.4. The third-order valence-corrected chi connectivity index (χ3v) is 6.52. The average Bonchev–Trinajstić information content (AvgIpc) is 3.40. The largest absolute Gasteiger partial charge is 0.496 e. The molecule has 4 rings (SSSR count). The van der Waals surface area contributed by atoms with E-state index in [1.54, 1.807) is 19.1 Å². The minimum absolute atomic E-state index is 0.119. The van der Waals surface area contributed by atoms with Crippen molar-refractivity contribution >= 4 is 17.8 Å². The van der Waals surface area contributed by atoms with Gasteiger partial charge >= 0.3 is 6.03 Å². The summed E-state index contributed by atoms with van der Waals surface area (Å²) in [5, 5.41) is 5.51. The molecule has 2 aromatic rings. The molecule has 1 heterocycles. The summed E-state index contributed by atoms with van der Waals surface area (Å²) in [6.07, 6.45) is 3.09. The molecule has 0 radical (unpaired) electrons. The van der Waals surface area contributed by atoms with Crippen LogP contribution in [0.5, 0.6) is 17.2 Å². The van der Waals surface area contributed by atoms with Gasteiger partial charge in [-0.15, -0.1) is 0 Å². The molecule has 180 valence electrons. The molecule has 0 spiro atoms. The zero-order valence-corrected chi connectivity index (χ0v) is 19.8. The number of carbonyl (C=O) groups excluding carboxylic acids is 3. The Morgan fingerprint density at radius 3 is 2.38 bits per heavy atom. The van der Waals surface area contributed by atoms with Crippen molar-refractivity contribution in [3.63, 3.8) is 0 Å². The number of fused-ring (bicyclic) bond motifs is 1. The molecule has 1 aliphatic carbocycles. The molecule has 0 bridgehead atoms. The maximum atomic E-state index is 13.2. The van der Waals surface area contributed by atoms with Crippen LogP contribution in [0.1, 0.15) is 35.6 Å². The third kappa shape index (κ3) is 4.13. The minimum Gasteiger partial charge on any atom is -0.496 e. The number of benzene rings is 2. The number of nitrogens with one attached hydrogen (secondary N) is 2. The fraction of sp³-hybridized carbons (Fsp3) is 0.400. The van der Waals surface area contributed by atoms with Crippen molar-refractivity contribution in [1.29, 1.82) is 0 Å². The highest BCUT2D eigenvalue weighted by Gasteiger charge is 2.49. The second-order valence-electron chi connectivity index (χ2n) is 8.58. The van der Waals surface area contributed by atoms with Crippen LogP contribution in [0.25, 0.3) is 0 Å². The summed E-state index contributed by atoms with van der Waals surface area (Å²) in [7, 11) is 4.55. The number of nitrogens with zero attached hydrogens (tertiary/aromatic N) is 1. The van der Waals surface area contributed by atoms with Gasteiger partial charge in [0.15, 0.2) is 11.5 Å². The normalized spacial score (nSPS) is 19.0. The van der Waals surface area contributed by atoms with Gasteiger partial charge in [-0.05, 0) is 48.9 Å². The van der Waals surface area contributed by atoms with Crippen molar-refractivity contribution in [1.82, 2.24) is 15.5 Å². The van der Waals surface area contributed by atoms with Gasteiger partial charge in [-0.1, -0.05) is 18.2 Å². The highest BCUT2D eigenvalue weighted by molar-refractivity contribution is 6.09. The van der Waals surface area contributed by atoms with Crippen LogP contribution >= 0.6 is 0 Å². The number of urea groups is 1. The summed E-state index contributed by atoms with van der Waals surface area (Å²) in [6.45, 7) is 1.41. The number of aryl methyl sites for hydroxylation is 2. The van der Waals surface area contributed by atoms with Crippen molar-refractivity contribution in [2.45, 2.75) is 38.3 Å². The fourth-order valence-electron chi connectivity index (χ4n) is 4.54. The van der Waals surface area contributed by atoms with Crippen LogP contribution in [0.3, 0.4) is 0 Å². The summed E-state index contributed by atoms with van der Waals surface area (Å²) in [5.41, 5.74) is 2.67. The van der Waals surface area contributed by atoms with Crippen LogP contribution in [0.4, 0.5) is 4.79 Å². The van der Waals surface area contributed by atoms with E-state index in [2.05, 4.69) is 10.6 Å². The van der Waals surface area contributed by atoms with Gasteiger partial charge < -0.3 is 24.8 Å². The van der Waals surface area contributed by atoms with Gasteiger partial charge in [0.1, 0.15) is 17.8 Å². The number of ether oxygens (including phenoxy) is 3. The van der Waals surface area contributed by atoms with Crippen molar-refractivity contribution in [2.24, 2.45) is 0 Å². The first-order chi connectivity index (χ1) is 16.3. The quantitative estimate of drug-likeness (QED) is 0.577. The van der Waals surface area contributed by atoms with Gasteiger partial charge in [0.05, 0.1) is 21.3 Å². The fourth-order valence-corrected chi connectivity index (χ4v) is 4.54. The van der Waals surface area contributed by atoms with E-state index < -0.39 is 23.4 Å². The lowest BCUT2D eigenvalue weighted by molar-refractivity contribution is -0.134. The Labute approximate surface area is 198 Å². The predicted molar refractivity (Wildman–Crippen MR) is 124 cm³/mol. The highest BCUT2D eigenvalue weighted by Crippen LogP contribution is 2.35. The van der Waals surface area contributed by atoms with Gasteiger partial charge in [0, 0.05) is 18.2 Å². The van der Waals surface area contributed by atoms with Crippen LogP contribution in [0, 0.1) is 0 Å². The van der Waals surface area contributed by atoms with Crippen LogP contribution in [-0.4, -0.2) is 50.6 Å². The number of amides is 4. The Bertz CT molecular complexity index is 1150. The van der Waals surface area contributed by atoms with Crippen LogP contribution in [0.2, 0.25) is 0 Å². The monoisotopic (exact) mass is 467 g/mol. The maximum Gasteiger partial charge on any atom is 0.325 e. The van der Waals surface area contributed by atoms with Crippen LogP contribution in [-0.2, 0) is 34.5 Å². The van der Waals surface area contributed by atoms with Gasteiger partial charge in [0.2, 0.25) is 5.91 Å². The summed E-state index contributed by atoms with van der Waals surface area (Å²) in [5.74, 6) is 0.580. The van der Waals surface area contributed by atoms with Gasteiger partial charge in [0.25, 0.3) is 5.91 Å². The van der Waals surface area contributed by atoms with E-state index in [1.165, 1.54) is 32.5 Å². The maximum absolute atomic E-state index is 13.2. The second-order valence-corrected chi connectivity index (χ2v) is 8.58. The van der Waals surface area contributed by atoms with E-state index in [4.69, 9.17) is 14.2 Å². The van der Waals surface area contributed by atoms with E-state index in [-0.39, 0.29) is 13.1 Å². The molecule has 0 saturated carbocycles. The number of hydrogen-bond acceptors (Lipinski definition) is 6. The lowest BCUT2D eigenvalue weighted by Crippen LogP contribution is -2.43. The molecule has 4 amide bonds. The average molecular weight is 468 g/mol. The highest BCUT2D eigenvalue weighted by atomic mass is 16.5. The lowest BCUT2D eigenvalue weighted by atomic mass is 9.89. The molecule has 2 aromatic carbocycles. The molecule has 34 heavy (non-hydrogen) atoms. The zero-order chi connectivity index (χ0) is 24.5. The molecule has 1 atom stereocenters. The van der Waals surface area contributed by atoms with E-state index in [1.807, 2.05) is 18.2 Å². The number of hydrogen-bond donors (Lipinski definition) is 2. The molecule has 9 heteroatoms. The Balaban J connectivity index is 1.45. The Kier molecular flexibility index (Phi) is 6.37. The van der Waals surface area contributed by atoms with Crippen molar-refractivity contribution in [3.05, 3.63) is 52.6 Å². The van der Waals surface area contributed by atoms with E-state index >= 15 is 0 Å². The Morgan fingerprint density at radius 1 is 1.00 bits per heavy atom. The summed E-state index contributed by atoms with van der Waals surface area (Å²) in [6, 6.07) is 8.68. The first-order valence-electron chi connectivity index (χ1n) is 11.1. The Morgan fingerprint density at radius 2 is 1.68 bits per heavy atom. The van der Waals surface area contributed by atoms with Gasteiger partial charge in [-0.3, -0.25) is 14.5 Å². The van der Waals surface area contributed by atoms with Gasteiger partial charge in [-0.2, -0.15) is 0 Å². The van der Waals surface area contributed by atoms with Crippen LogP contribution < -0.4 is 24.8 Å². The number of imide groups is 1. The van der Waals surface area contributed by atoms with Crippen molar-refractivity contribution in [3.8, 4) is 17.2 Å². The van der Waals surface area contributed by atoms with Crippen LogP contribution in [0.15, 0.2) is 30.3 Å². The molecule has 2 N–H and O–H groups in total. The molecule has 2 aliphatic rings. The van der Waals surface area contributed by atoms with Crippen molar-refractivity contribution in [2.75, 3.05) is 27.9 Å². The summed E-state index contributed by atoms with van der Waals surface area (Å²) in [4.78, 5) is 39.5. The smallest absolute Gasteiger partial charge is 0.325 e. The number of carbonyl (C=O) groups is 3. The van der Waals surface area contributed by atoms with Crippen molar-refractivity contribution < 1.29 is 28.6 Å². The minimum atomic E-state index is -1.21. The van der Waals surface area contributed by atoms with Gasteiger partial charge in [-0.25, -0.2) is 4.79 Å². The molecule has 0 aromatic heterocycles. The van der Waals surface area contributed by atoms with E-state index in [0.717, 1.165) is 29.7 Å². The molecule has 1 aliphatic heterocycles. The van der Waals surface area contributed by atoms with E-state index in [9.17, 15) is 14.4 Å². The molecular weight excluding hydrogens is 438 g/mol. The molecule has 1 saturated heterocycles. The zero-order valence-electron chi connectivity index (χ0n) is 19.8. The molecule has 9 nitrogen and oxygen atoms in total. The number of methoxy groups -OCH3 is 3. The third-order valence-electron chi connectivity index (χ3n) is 6.52. The SMILES string of the molecule is COc1cc(OC)c(OC)cc1CNC(=O)CN1C(=O)NC(C)(c2ccc3c(c2)CCC3)C1=O. The summed E-state index contributed by atoms with van der Waals surface area (Å²) >= 11 is 0. The topological polar surface area (TPSA) is 106 Å². The molecular formula is C25H29N3O6. The first-order valence-corrected chi connectivity index (χ1v) is 11.1. The second kappa shape index (κ2) is 9.24. The lowest BCUT2D eigenvalue weighted by Gasteiger charge is -2.23.